The molecule has 1 fully saturated rings. The van der Waals surface area contributed by atoms with Crippen molar-refractivity contribution >= 4 is 0 Å². The third-order valence-electron chi connectivity index (χ3n) is 3.83. The highest BCUT2D eigenvalue weighted by Gasteiger charge is 2.29. The van der Waals surface area contributed by atoms with Crippen LogP contribution in [0.3, 0.4) is 0 Å². The molecule has 0 aliphatic carbocycles. The maximum atomic E-state index is 5.16. The van der Waals surface area contributed by atoms with Crippen molar-refractivity contribution in [3.8, 4) is 0 Å². The van der Waals surface area contributed by atoms with Crippen LogP contribution in [-0.2, 0) is 10.2 Å². The highest BCUT2D eigenvalue weighted by Crippen LogP contribution is 2.29. The van der Waals surface area contributed by atoms with Crippen molar-refractivity contribution in [2.45, 2.75) is 45.6 Å². The summed E-state index contributed by atoms with van der Waals surface area (Å²) < 4.78 is 7.43. The fourth-order valence-electron chi connectivity index (χ4n) is 2.79. The van der Waals surface area contributed by atoms with Crippen LogP contribution in [0.5, 0.6) is 0 Å². The summed E-state index contributed by atoms with van der Waals surface area (Å²) in [6.45, 7) is 13.0. The Kier molecular flexibility index (Phi) is 4.31. The highest BCUT2D eigenvalue weighted by molar-refractivity contribution is 5.18. The highest BCUT2D eigenvalue weighted by atomic mass is 16.5. The fraction of sp³-hybridized carbons (Fsp3) is 0.800. The van der Waals surface area contributed by atoms with E-state index in [1.165, 1.54) is 12.1 Å². The van der Waals surface area contributed by atoms with E-state index in [2.05, 4.69) is 43.3 Å². The summed E-state index contributed by atoms with van der Waals surface area (Å²) in [7, 11) is 1.77. The average Bonchev–Trinajstić information content (AvgIpc) is 2.91. The number of hydrogen-bond acceptors (Lipinski definition) is 3. The van der Waals surface area contributed by atoms with Crippen LogP contribution in [0.1, 0.15) is 44.6 Å². The number of likely N-dealkylation sites (tertiary alicyclic amines) is 1. The van der Waals surface area contributed by atoms with Crippen molar-refractivity contribution in [2.75, 3.05) is 33.4 Å². The van der Waals surface area contributed by atoms with E-state index in [0.717, 1.165) is 31.9 Å². The van der Waals surface area contributed by atoms with Gasteiger partial charge in [0.1, 0.15) is 0 Å². The summed E-state index contributed by atoms with van der Waals surface area (Å²) in [5, 5.41) is 4.73. The van der Waals surface area contributed by atoms with Gasteiger partial charge >= 0.3 is 0 Å². The minimum atomic E-state index is 0.154. The lowest BCUT2D eigenvalue weighted by Gasteiger charge is -2.24. The predicted molar refractivity (Wildman–Crippen MR) is 77.6 cm³/mol. The van der Waals surface area contributed by atoms with Gasteiger partial charge in [0.05, 0.1) is 18.3 Å². The quantitative estimate of drug-likeness (QED) is 0.837. The standard InChI is InChI=1S/C15H27N3O/c1-12-10-14(15(2,3)4)18(16-12)13-6-7-17(11-13)8-9-19-5/h10,13H,6-9,11H2,1-5H3. The van der Waals surface area contributed by atoms with Crippen molar-refractivity contribution in [1.82, 2.24) is 14.7 Å². The molecule has 0 saturated carbocycles. The Morgan fingerprint density at radius 2 is 2.16 bits per heavy atom. The summed E-state index contributed by atoms with van der Waals surface area (Å²) >= 11 is 0. The van der Waals surface area contributed by atoms with Crippen LogP contribution in [0.15, 0.2) is 6.07 Å². The van der Waals surface area contributed by atoms with Gasteiger partial charge in [-0.2, -0.15) is 5.10 Å². The zero-order valence-corrected chi connectivity index (χ0v) is 12.9. The second kappa shape index (κ2) is 5.63. The monoisotopic (exact) mass is 265 g/mol. The van der Waals surface area contributed by atoms with Gasteiger partial charge in [-0.15, -0.1) is 0 Å². The molecular formula is C15H27N3O. The predicted octanol–water partition coefficient (Wildman–Crippen LogP) is 2.38. The number of hydrogen-bond donors (Lipinski definition) is 0. The molecule has 0 aromatic carbocycles. The molecule has 4 nitrogen and oxygen atoms in total. The smallest absolute Gasteiger partial charge is 0.0661 e. The maximum Gasteiger partial charge on any atom is 0.0661 e. The van der Waals surface area contributed by atoms with E-state index in [0.29, 0.717) is 6.04 Å². The van der Waals surface area contributed by atoms with Crippen LogP contribution in [0.4, 0.5) is 0 Å². The van der Waals surface area contributed by atoms with E-state index in [1.807, 2.05) is 0 Å². The van der Waals surface area contributed by atoms with E-state index in [9.17, 15) is 0 Å². The van der Waals surface area contributed by atoms with Gasteiger partial charge in [-0.3, -0.25) is 9.58 Å². The lowest BCUT2D eigenvalue weighted by molar-refractivity contribution is 0.158. The van der Waals surface area contributed by atoms with Gasteiger partial charge in [0.25, 0.3) is 0 Å². The third-order valence-corrected chi connectivity index (χ3v) is 3.83. The molecule has 1 aromatic heterocycles. The topological polar surface area (TPSA) is 30.3 Å². The van der Waals surface area contributed by atoms with Crippen molar-refractivity contribution in [3.05, 3.63) is 17.5 Å². The van der Waals surface area contributed by atoms with E-state index in [1.54, 1.807) is 7.11 Å². The molecule has 4 heteroatoms. The number of aromatic nitrogens is 2. The van der Waals surface area contributed by atoms with E-state index < -0.39 is 0 Å². The SMILES string of the molecule is COCCN1CCC(n2nc(C)cc2C(C)(C)C)C1. The molecule has 0 amide bonds. The number of rotatable bonds is 4. The molecule has 19 heavy (non-hydrogen) atoms. The largest absolute Gasteiger partial charge is 0.383 e. The van der Waals surface area contributed by atoms with E-state index in [-0.39, 0.29) is 5.41 Å². The van der Waals surface area contributed by atoms with Gasteiger partial charge in [0.2, 0.25) is 0 Å². The minimum Gasteiger partial charge on any atom is -0.383 e. The normalized spacial score (nSPS) is 21.2. The lowest BCUT2D eigenvalue weighted by Crippen LogP contribution is -2.27. The molecule has 1 aliphatic rings. The van der Waals surface area contributed by atoms with Gasteiger partial charge in [0, 0.05) is 37.9 Å². The Balaban J connectivity index is 2.11. The van der Waals surface area contributed by atoms with Gasteiger partial charge in [0.15, 0.2) is 0 Å². The zero-order valence-electron chi connectivity index (χ0n) is 12.9. The van der Waals surface area contributed by atoms with E-state index >= 15 is 0 Å². The molecule has 0 spiro atoms. The van der Waals surface area contributed by atoms with Crippen LogP contribution in [-0.4, -0.2) is 48.0 Å². The van der Waals surface area contributed by atoms with Crippen molar-refractivity contribution in [1.29, 1.82) is 0 Å². The van der Waals surface area contributed by atoms with Crippen LogP contribution >= 0.6 is 0 Å². The summed E-state index contributed by atoms with van der Waals surface area (Å²) in [6, 6.07) is 2.75. The first-order valence-corrected chi connectivity index (χ1v) is 7.19. The summed E-state index contributed by atoms with van der Waals surface area (Å²) in [6.07, 6.45) is 1.19. The Morgan fingerprint density at radius 3 is 2.79 bits per heavy atom. The Morgan fingerprint density at radius 1 is 1.42 bits per heavy atom. The van der Waals surface area contributed by atoms with Gasteiger partial charge in [-0.05, 0) is 19.4 Å². The van der Waals surface area contributed by atoms with Crippen molar-refractivity contribution in [3.63, 3.8) is 0 Å². The second-order valence-electron chi connectivity index (χ2n) is 6.60. The van der Waals surface area contributed by atoms with Gasteiger partial charge < -0.3 is 4.74 Å². The Hall–Kier alpha value is -0.870. The third kappa shape index (κ3) is 3.37. The fourth-order valence-corrected chi connectivity index (χ4v) is 2.79. The number of methoxy groups -OCH3 is 1. The molecule has 1 unspecified atom stereocenters. The van der Waals surface area contributed by atoms with Gasteiger partial charge in [-0.25, -0.2) is 0 Å². The van der Waals surface area contributed by atoms with Crippen LogP contribution < -0.4 is 0 Å². The molecular weight excluding hydrogens is 238 g/mol. The molecule has 2 rings (SSSR count). The molecule has 1 saturated heterocycles. The number of nitrogens with zero attached hydrogens (tertiary/aromatic N) is 3. The van der Waals surface area contributed by atoms with Crippen LogP contribution in [0.25, 0.3) is 0 Å². The molecule has 1 aromatic rings. The first-order chi connectivity index (χ1) is 8.91. The summed E-state index contributed by atoms with van der Waals surface area (Å²) in [5.74, 6) is 0. The second-order valence-corrected chi connectivity index (χ2v) is 6.60. The first-order valence-electron chi connectivity index (χ1n) is 7.19. The molecule has 108 valence electrons. The van der Waals surface area contributed by atoms with Crippen molar-refractivity contribution in [2.24, 2.45) is 0 Å². The maximum absolute atomic E-state index is 5.16. The van der Waals surface area contributed by atoms with Gasteiger partial charge in [-0.1, -0.05) is 20.8 Å². The average molecular weight is 265 g/mol. The van der Waals surface area contributed by atoms with Crippen LogP contribution in [0, 0.1) is 6.92 Å². The summed E-state index contributed by atoms with van der Waals surface area (Å²) in [5.41, 5.74) is 2.63. The molecule has 1 aliphatic heterocycles. The molecule has 2 heterocycles. The Bertz CT molecular complexity index is 420. The van der Waals surface area contributed by atoms with Crippen LogP contribution in [0.2, 0.25) is 0 Å². The van der Waals surface area contributed by atoms with Crippen molar-refractivity contribution < 1.29 is 4.74 Å². The molecule has 0 bridgehead atoms. The zero-order chi connectivity index (χ0) is 14.0. The first kappa shape index (κ1) is 14.5. The molecule has 0 radical (unpaired) electrons. The molecule has 1 atom stereocenters. The minimum absolute atomic E-state index is 0.154. The number of aryl methyl sites for hydroxylation is 1. The summed E-state index contributed by atoms with van der Waals surface area (Å²) in [4.78, 5) is 2.47. The molecule has 0 N–H and O–H groups in total. The van der Waals surface area contributed by atoms with E-state index in [4.69, 9.17) is 9.84 Å². The number of ether oxygens (including phenoxy) is 1. The lowest BCUT2D eigenvalue weighted by atomic mass is 9.91. The Labute approximate surface area is 116 Å².